The smallest absolute Gasteiger partial charge is 0.223 e. The van der Waals surface area contributed by atoms with Crippen molar-refractivity contribution in [2.24, 2.45) is 11.0 Å². The van der Waals surface area contributed by atoms with Crippen LogP contribution >= 0.6 is 0 Å². The van der Waals surface area contributed by atoms with E-state index in [0.717, 1.165) is 25.7 Å². The van der Waals surface area contributed by atoms with Gasteiger partial charge in [0.2, 0.25) is 5.91 Å². The molecule has 0 aromatic heterocycles. The van der Waals surface area contributed by atoms with Crippen molar-refractivity contribution in [3.8, 4) is 0 Å². The SMILES string of the molecule is [N-]=[N+]=NCCCCNC(=O)C1CC=CC1. The summed E-state index contributed by atoms with van der Waals surface area (Å²) in [5.41, 5.74) is 8.04. The minimum Gasteiger partial charge on any atom is -0.356 e. The lowest BCUT2D eigenvalue weighted by atomic mass is 10.1. The van der Waals surface area contributed by atoms with E-state index in [-0.39, 0.29) is 11.8 Å². The highest BCUT2D eigenvalue weighted by atomic mass is 16.1. The van der Waals surface area contributed by atoms with Crippen molar-refractivity contribution >= 4 is 5.91 Å². The third-order valence-electron chi connectivity index (χ3n) is 2.43. The van der Waals surface area contributed by atoms with Gasteiger partial charge in [0, 0.05) is 23.9 Å². The Labute approximate surface area is 89.2 Å². The van der Waals surface area contributed by atoms with Crippen molar-refractivity contribution in [2.75, 3.05) is 13.1 Å². The molecule has 0 fully saturated rings. The molecule has 0 saturated heterocycles. The van der Waals surface area contributed by atoms with Crippen molar-refractivity contribution in [1.29, 1.82) is 0 Å². The highest BCUT2D eigenvalue weighted by Gasteiger charge is 2.17. The van der Waals surface area contributed by atoms with Crippen molar-refractivity contribution in [2.45, 2.75) is 25.7 Å². The van der Waals surface area contributed by atoms with E-state index in [2.05, 4.69) is 15.3 Å². The molecule has 0 radical (unpaired) electrons. The second-order valence-corrected chi connectivity index (χ2v) is 3.59. The fourth-order valence-electron chi connectivity index (χ4n) is 1.54. The van der Waals surface area contributed by atoms with Crippen LogP contribution in [0.3, 0.4) is 0 Å². The summed E-state index contributed by atoms with van der Waals surface area (Å²) >= 11 is 0. The molecule has 0 aromatic carbocycles. The Morgan fingerprint density at radius 3 is 2.87 bits per heavy atom. The second kappa shape index (κ2) is 6.90. The summed E-state index contributed by atoms with van der Waals surface area (Å²) < 4.78 is 0. The number of nitrogens with zero attached hydrogens (tertiary/aromatic N) is 3. The summed E-state index contributed by atoms with van der Waals surface area (Å²) in [6, 6.07) is 0. The van der Waals surface area contributed by atoms with Gasteiger partial charge in [0.25, 0.3) is 0 Å². The van der Waals surface area contributed by atoms with Crippen LogP contribution in [0.2, 0.25) is 0 Å². The molecule has 5 nitrogen and oxygen atoms in total. The first-order valence-corrected chi connectivity index (χ1v) is 5.28. The number of allylic oxidation sites excluding steroid dienone is 2. The van der Waals surface area contributed by atoms with Crippen LogP contribution in [0.25, 0.3) is 10.4 Å². The van der Waals surface area contributed by atoms with Crippen LogP contribution in [-0.4, -0.2) is 19.0 Å². The van der Waals surface area contributed by atoms with Crippen LogP contribution in [0.5, 0.6) is 0 Å². The van der Waals surface area contributed by atoms with E-state index in [1.165, 1.54) is 0 Å². The second-order valence-electron chi connectivity index (χ2n) is 3.59. The van der Waals surface area contributed by atoms with E-state index >= 15 is 0 Å². The lowest BCUT2D eigenvalue weighted by Gasteiger charge is -2.09. The van der Waals surface area contributed by atoms with E-state index in [0.29, 0.717) is 13.1 Å². The summed E-state index contributed by atoms with van der Waals surface area (Å²) in [6.07, 6.45) is 7.52. The molecule has 0 atom stereocenters. The van der Waals surface area contributed by atoms with Crippen LogP contribution in [0, 0.1) is 5.92 Å². The van der Waals surface area contributed by atoms with Crippen LogP contribution in [0.4, 0.5) is 0 Å². The minimum atomic E-state index is 0.141. The predicted octanol–water partition coefficient (Wildman–Crippen LogP) is 2.16. The van der Waals surface area contributed by atoms with E-state index in [1.54, 1.807) is 0 Å². The van der Waals surface area contributed by atoms with E-state index in [9.17, 15) is 4.79 Å². The number of carbonyl (C=O) groups excluding carboxylic acids is 1. The maximum Gasteiger partial charge on any atom is 0.223 e. The molecule has 1 aliphatic carbocycles. The Morgan fingerprint density at radius 1 is 1.47 bits per heavy atom. The number of hydrogen-bond donors (Lipinski definition) is 1. The molecule has 1 amide bonds. The lowest BCUT2D eigenvalue weighted by Crippen LogP contribution is -2.30. The Balaban J connectivity index is 1.99. The number of hydrogen-bond acceptors (Lipinski definition) is 2. The minimum absolute atomic E-state index is 0.141. The Bertz CT molecular complexity index is 273. The van der Waals surface area contributed by atoms with Gasteiger partial charge in [0.05, 0.1) is 0 Å². The van der Waals surface area contributed by atoms with Crippen molar-refractivity contribution < 1.29 is 4.79 Å². The molecular formula is C10H16N4O. The maximum atomic E-state index is 11.5. The van der Waals surface area contributed by atoms with Gasteiger partial charge in [-0.2, -0.15) is 0 Å². The number of amides is 1. The topological polar surface area (TPSA) is 77.9 Å². The molecule has 1 N–H and O–H groups in total. The summed E-state index contributed by atoms with van der Waals surface area (Å²) in [5, 5.41) is 6.31. The molecule has 0 spiro atoms. The monoisotopic (exact) mass is 208 g/mol. The quantitative estimate of drug-likeness (QED) is 0.234. The van der Waals surface area contributed by atoms with Crippen LogP contribution in [0.1, 0.15) is 25.7 Å². The van der Waals surface area contributed by atoms with Crippen molar-refractivity contribution in [3.63, 3.8) is 0 Å². The van der Waals surface area contributed by atoms with Crippen LogP contribution < -0.4 is 5.32 Å². The highest BCUT2D eigenvalue weighted by Crippen LogP contribution is 2.17. The number of unbranched alkanes of at least 4 members (excludes halogenated alkanes) is 1. The lowest BCUT2D eigenvalue weighted by molar-refractivity contribution is -0.124. The van der Waals surface area contributed by atoms with Gasteiger partial charge in [-0.25, -0.2) is 0 Å². The molecular weight excluding hydrogens is 192 g/mol. The molecule has 1 rings (SSSR count). The van der Waals surface area contributed by atoms with E-state index in [1.807, 2.05) is 12.2 Å². The average molecular weight is 208 g/mol. The molecule has 0 unspecified atom stereocenters. The first-order chi connectivity index (χ1) is 7.34. The van der Waals surface area contributed by atoms with Gasteiger partial charge in [0.15, 0.2) is 0 Å². The Kier molecular flexibility index (Phi) is 5.33. The third kappa shape index (κ3) is 4.51. The molecule has 0 aromatic rings. The van der Waals surface area contributed by atoms with Crippen molar-refractivity contribution in [3.05, 3.63) is 22.6 Å². The zero-order chi connectivity index (χ0) is 10.9. The predicted molar refractivity (Wildman–Crippen MR) is 58.1 cm³/mol. The van der Waals surface area contributed by atoms with Gasteiger partial charge >= 0.3 is 0 Å². The molecule has 82 valence electrons. The molecule has 0 heterocycles. The first-order valence-electron chi connectivity index (χ1n) is 5.28. The molecule has 1 aliphatic rings. The average Bonchev–Trinajstić information content (AvgIpc) is 2.76. The Hall–Kier alpha value is -1.48. The molecule has 0 aliphatic heterocycles. The van der Waals surface area contributed by atoms with Gasteiger partial charge in [-0.3, -0.25) is 4.79 Å². The number of carbonyl (C=O) groups is 1. The van der Waals surface area contributed by atoms with Gasteiger partial charge in [-0.15, -0.1) is 0 Å². The van der Waals surface area contributed by atoms with Crippen molar-refractivity contribution in [1.82, 2.24) is 5.32 Å². The zero-order valence-corrected chi connectivity index (χ0v) is 8.72. The van der Waals surface area contributed by atoms with E-state index in [4.69, 9.17) is 5.53 Å². The fraction of sp³-hybridized carbons (Fsp3) is 0.700. The van der Waals surface area contributed by atoms with Crippen LogP contribution in [-0.2, 0) is 4.79 Å². The molecule has 0 bridgehead atoms. The van der Waals surface area contributed by atoms with Crippen LogP contribution in [0.15, 0.2) is 17.3 Å². The summed E-state index contributed by atoms with van der Waals surface area (Å²) in [4.78, 5) is 14.2. The maximum absolute atomic E-state index is 11.5. The number of nitrogens with one attached hydrogen (secondary N) is 1. The number of azide groups is 1. The highest BCUT2D eigenvalue weighted by molar-refractivity contribution is 5.79. The van der Waals surface area contributed by atoms with Gasteiger partial charge in [0.1, 0.15) is 0 Å². The fourth-order valence-corrected chi connectivity index (χ4v) is 1.54. The standard InChI is InChI=1S/C10H16N4O/c11-14-13-8-4-3-7-12-10(15)9-5-1-2-6-9/h1-2,9H,3-8H2,(H,12,15). The molecule has 0 saturated carbocycles. The normalized spacial score (nSPS) is 14.9. The molecule has 15 heavy (non-hydrogen) atoms. The molecule has 5 heteroatoms. The number of rotatable bonds is 6. The zero-order valence-electron chi connectivity index (χ0n) is 8.72. The Morgan fingerprint density at radius 2 is 2.20 bits per heavy atom. The van der Waals surface area contributed by atoms with Gasteiger partial charge in [-0.1, -0.05) is 17.3 Å². The van der Waals surface area contributed by atoms with Gasteiger partial charge in [-0.05, 0) is 31.2 Å². The summed E-state index contributed by atoms with van der Waals surface area (Å²) in [7, 11) is 0. The first kappa shape index (κ1) is 11.6. The van der Waals surface area contributed by atoms with Gasteiger partial charge < -0.3 is 5.32 Å². The van der Waals surface area contributed by atoms with E-state index < -0.39 is 0 Å². The summed E-state index contributed by atoms with van der Waals surface area (Å²) in [6.45, 7) is 1.19. The third-order valence-corrected chi connectivity index (χ3v) is 2.43. The summed E-state index contributed by atoms with van der Waals surface area (Å²) in [5.74, 6) is 0.283. The largest absolute Gasteiger partial charge is 0.356 e.